The van der Waals surface area contributed by atoms with Crippen LogP contribution in [0.15, 0.2) is 42.6 Å². The Morgan fingerprint density at radius 2 is 2.00 bits per heavy atom. The van der Waals surface area contributed by atoms with Gasteiger partial charge in [0, 0.05) is 19.7 Å². The molecule has 0 atom stereocenters. The first-order chi connectivity index (χ1) is 9.20. The maximum Gasteiger partial charge on any atom is 0.180 e. The number of Topliss-reactive ketones (excluding diaryl/α,β-unsaturated/α-hetero) is 1. The van der Waals surface area contributed by atoms with Gasteiger partial charge in [-0.1, -0.05) is 12.1 Å². The number of ketones is 1. The maximum absolute atomic E-state index is 11.4. The number of ether oxygens (including phenoxy) is 1. The van der Waals surface area contributed by atoms with Crippen molar-refractivity contribution in [3.05, 3.63) is 53.9 Å². The van der Waals surface area contributed by atoms with E-state index < -0.39 is 0 Å². The van der Waals surface area contributed by atoms with Crippen LogP contribution in [0.3, 0.4) is 0 Å². The fourth-order valence-corrected chi connectivity index (χ4v) is 1.77. The number of nitrogens with zero attached hydrogens (tertiary/aromatic N) is 1. The molecule has 0 saturated carbocycles. The van der Waals surface area contributed by atoms with Crippen molar-refractivity contribution in [3.8, 4) is 5.75 Å². The van der Waals surface area contributed by atoms with Gasteiger partial charge in [-0.15, -0.1) is 0 Å². The van der Waals surface area contributed by atoms with Crippen molar-refractivity contribution in [2.24, 2.45) is 0 Å². The number of benzene rings is 1. The molecule has 98 valence electrons. The van der Waals surface area contributed by atoms with E-state index in [0.29, 0.717) is 12.2 Å². The molecule has 4 nitrogen and oxygen atoms in total. The molecule has 0 aliphatic heterocycles. The van der Waals surface area contributed by atoms with Gasteiger partial charge in [0.05, 0.1) is 12.8 Å². The van der Waals surface area contributed by atoms with Gasteiger partial charge < -0.3 is 10.1 Å². The molecule has 0 saturated heterocycles. The van der Waals surface area contributed by atoms with Crippen molar-refractivity contribution < 1.29 is 9.53 Å². The standard InChI is InChI=1S/C15H16N2O2/c1-11(18)15-14(4-3-9-16-15)17-10-12-5-7-13(19-2)8-6-12/h3-9,17H,10H2,1-2H3. The summed E-state index contributed by atoms with van der Waals surface area (Å²) in [7, 11) is 1.64. The van der Waals surface area contributed by atoms with Crippen molar-refractivity contribution in [3.63, 3.8) is 0 Å². The molecule has 0 radical (unpaired) electrons. The number of hydrogen-bond donors (Lipinski definition) is 1. The molecule has 0 fully saturated rings. The smallest absolute Gasteiger partial charge is 0.180 e. The average Bonchev–Trinajstić information content (AvgIpc) is 2.46. The number of pyridine rings is 1. The number of carbonyl (C=O) groups excluding carboxylic acids is 1. The van der Waals surface area contributed by atoms with Gasteiger partial charge in [-0.3, -0.25) is 9.78 Å². The van der Waals surface area contributed by atoms with Crippen molar-refractivity contribution in [2.75, 3.05) is 12.4 Å². The fourth-order valence-electron chi connectivity index (χ4n) is 1.77. The van der Waals surface area contributed by atoms with Crippen LogP contribution in [-0.4, -0.2) is 17.9 Å². The Hall–Kier alpha value is -2.36. The van der Waals surface area contributed by atoms with Crippen LogP contribution in [0.2, 0.25) is 0 Å². The normalized spacial score (nSPS) is 10.0. The highest BCUT2D eigenvalue weighted by atomic mass is 16.5. The summed E-state index contributed by atoms with van der Waals surface area (Å²) >= 11 is 0. The first-order valence-corrected chi connectivity index (χ1v) is 6.03. The summed E-state index contributed by atoms with van der Waals surface area (Å²) in [6.45, 7) is 2.15. The van der Waals surface area contributed by atoms with Crippen LogP contribution in [-0.2, 0) is 6.54 Å². The molecule has 0 unspecified atom stereocenters. The third-order valence-corrected chi connectivity index (χ3v) is 2.78. The van der Waals surface area contributed by atoms with E-state index in [1.165, 1.54) is 6.92 Å². The van der Waals surface area contributed by atoms with E-state index in [1.807, 2.05) is 36.4 Å². The SMILES string of the molecule is COc1ccc(CNc2cccnc2C(C)=O)cc1. The highest BCUT2D eigenvalue weighted by Gasteiger charge is 2.07. The van der Waals surface area contributed by atoms with E-state index in [2.05, 4.69) is 10.3 Å². The van der Waals surface area contributed by atoms with Gasteiger partial charge >= 0.3 is 0 Å². The lowest BCUT2D eigenvalue weighted by Gasteiger charge is -2.09. The second kappa shape index (κ2) is 6.00. The van der Waals surface area contributed by atoms with Gasteiger partial charge in [-0.25, -0.2) is 0 Å². The van der Waals surface area contributed by atoms with Crippen LogP contribution >= 0.6 is 0 Å². The van der Waals surface area contributed by atoms with E-state index >= 15 is 0 Å². The van der Waals surface area contributed by atoms with Crippen LogP contribution in [0.25, 0.3) is 0 Å². The molecule has 1 N–H and O–H groups in total. The summed E-state index contributed by atoms with van der Waals surface area (Å²) in [5, 5.41) is 3.22. The molecule has 4 heteroatoms. The Bertz CT molecular complexity index is 565. The number of carbonyl (C=O) groups is 1. The zero-order valence-corrected chi connectivity index (χ0v) is 11.0. The van der Waals surface area contributed by atoms with Crippen LogP contribution in [0.5, 0.6) is 5.75 Å². The van der Waals surface area contributed by atoms with Crippen LogP contribution in [0.1, 0.15) is 23.0 Å². The average molecular weight is 256 g/mol. The minimum atomic E-state index is -0.0437. The highest BCUT2D eigenvalue weighted by molar-refractivity contribution is 5.97. The summed E-state index contributed by atoms with van der Waals surface area (Å²) < 4.78 is 5.11. The zero-order valence-electron chi connectivity index (χ0n) is 11.0. The van der Waals surface area contributed by atoms with Crippen molar-refractivity contribution in [2.45, 2.75) is 13.5 Å². The molecule has 0 aliphatic rings. The molecule has 0 bridgehead atoms. The molecule has 1 heterocycles. The van der Waals surface area contributed by atoms with Gasteiger partial charge in [0.25, 0.3) is 0 Å². The summed E-state index contributed by atoms with van der Waals surface area (Å²) in [5.74, 6) is 0.785. The Morgan fingerprint density at radius 1 is 1.26 bits per heavy atom. The third-order valence-electron chi connectivity index (χ3n) is 2.78. The van der Waals surface area contributed by atoms with Gasteiger partial charge in [-0.05, 0) is 29.8 Å². The number of hydrogen-bond acceptors (Lipinski definition) is 4. The zero-order chi connectivity index (χ0) is 13.7. The molecule has 2 aromatic rings. The molecule has 19 heavy (non-hydrogen) atoms. The Kier molecular flexibility index (Phi) is 4.13. The van der Waals surface area contributed by atoms with E-state index in [0.717, 1.165) is 17.0 Å². The molecule has 0 amide bonds. The van der Waals surface area contributed by atoms with E-state index in [9.17, 15) is 4.79 Å². The number of aromatic nitrogens is 1. The van der Waals surface area contributed by atoms with Crippen molar-refractivity contribution >= 4 is 11.5 Å². The fraction of sp³-hybridized carbons (Fsp3) is 0.200. The largest absolute Gasteiger partial charge is 0.497 e. The minimum Gasteiger partial charge on any atom is -0.497 e. The van der Waals surface area contributed by atoms with Gasteiger partial charge in [0.1, 0.15) is 11.4 Å². The third kappa shape index (κ3) is 3.31. The molecular formula is C15H16N2O2. The quantitative estimate of drug-likeness (QED) is 0.836. The topological polar surface area (TPSA) is 51.2 Å². The first-order valence-electron chi connectivity index (χ1n) is 6.03. The van der Waals surface area contributed by atoms with Crippen molar-refractivity contribution in [1.29, 1.82) is 0 Å². The van der Waals surface area contributed by atoms with Gasteiger partial charge in [-0.2, -0.15) is 0 Å². The Balaban J connectivity index is 2.07. The minimum absolute atomic E-state index is 0.0437. The predicted octanol–water partition coefficient (Wildman–Crippen LogP) is 2.90. The lowest BCUT2D eigenvalue weighted by atomic mass is 10.2. The van der Waals surface area contributed by atoms with E-state index in [1.54, 1.807) is 13.3 Å². The number of anilines is 1. The van der Waals surface area contributed by atoms with Crippen LogP contribution < -0.4 is 10.1 Å². The molecule has 1 aromatic heterocycles. The van der Waals surface area contributed by atoms with Gasteiger partial charge in [0.2, 0.25) is 0 Å². The number of nitrogens with one attached hydrogen (secondary N) is 1. The summed E-state index contributed by atoms with van der Waals surface area (Å²) in [6, 6.07) is 11.4. The molecule has 2 rings (SSSR count). The second-order valence-corrected chi connectivity index (χ2v) is 4.16. The molecule has 0 aliphatic carbocycles. The highest BCUT2D eigenvalue weighted by Crippen LogP contribution is 2.16. The lowest BCUT2D eigenvalue weighted by Crippen LogP contribution is -2.06. The summed E-state index contributed by atoms with van der Waals surface area (Å²) in [5.41, 5.74) is 2.33. The second-order valence-electron chi connectivity index (χ2n) is 4.16. The predicted molar refractivity (Wildman–Crippen MR) is 74.6 cm³/mol. The lowest BCUT2D eigenvalue weighted by molar-refractivity contribution is 0.101. The molecule has 1 aromatic carbocycles. The van der Waals surface area contributed by atoms with Gasteiger partial charge in [0.15, 0.2) is 5.78 Å². The molecule has 0 spiro atoms. The number of rotatable bonds is 5. The van der Waals surface area contributed by atoms with E-state index in [-0.39, 0.29) is 5.78 Å². The summed E-state index contributed by atoms with van der Waals surface area (Å²) in [6.07, 6.45) is 1.62. The van der Waals surface area contributed by atoms with E-state index in [4.69, 9.17) is 4.74 Å². The maximum atomic E-state index is 11.4. The Labute approximate surface area is 112 Å². The molecular weight excluding hydrogens is 240 g/mol. The number of methoxy groups -OCH3 is 1. The van der Waals surface area contributed by atoms with Crippen LogP contribution in [0, 0.1) is 0 Å². The Morgan fingerprint density at radius 3 is 2.63 bits per heavy atom. The summed E-state index contributed by atoms with van der Waals surface area (Å²) in [4.78, 5) is 15.5. The van der Waals surface area contributed by atoms with Crippen LogP contribution in [0.4, 0.5) is 5.69 Å². The monoisotopic (exact) mass is 256 g/mol. The first kappa shape index (κ1) is 13.1. The van der Waals surface area contributed by atoms with Crippen molar-refractivity contribution in [1.82, 2.24) is 4.98 Å².